The molecule has 10 heavy (non-hydrogen) atoms. The van der Waals surface area contributed by atoms with Crippen LogP contribution in [0.1, 0.15) is 12.8 Å². The lowest BCUT2D eigenvalue weighted by molar-refractivity contribution is 0.0785. The van der Waals surface area contributed by atoms with Crippen molar-refractivity contribution in [3.63, 3.8) is 0 Å². The molecule has 2 nitrogen and oxygen atoms in total. The van der Waals surface area contributed by atoms with Gasteiger partial charge in [0.2, 0.25) is 0 Å². The zero-order chi connectivity index (χ0) is 6.97. The van der Waals surface area contributed by atoms with E-state index in [9.17, 15) is 0 Å². The van der Waals surface area contributed by atoms with E-state index in [-0.39, 0.29) is 0 Å². The van der Waals surface area contributed by atoms with Crippen molar-refractivity contribution in [2.45, 2.75) is 18.9 Å². The van der Waals surface area contributed by atoms with Gasteiger partial charge in [0.25, 0.3) is 0 Å². The summed E-state index contributed by atoms with van der Waals surface area (Å²) in [6, 6.07) is 0.683. The molecule has 2 heteroatoms. The van der Waals surface area contributed by atoms with Crippen molar-refractivity contribution in [1.82, 2.24) is 10.2 Å². The maximum absolute atomic E-state index is 3.75. The Bertz CT molecular complexity index is 116. The molecule has 0 saturated carbocycles. The summed E-state index contributed by atoms with van der Waals surface area (Å²) in [5.41, 5.74) is 0. The number of nitrogens with one attached hydrogen (secondary N) is 1. The minimum absolute atomic E-state index is 0.683. The molecule has 3 aliphatic rings. The molecule has 1 unspecified atom stereocenters. The number of rotatable bonds is 1. The van der Waals surface area contributed by atoms with Crippen molar-refractivity contribution in [3.8, 4) is 0 Å². The molecule has 0 aromatic heterocycles. The average molecular weight is 139 g/mol. The zero-order valence-corrected chi connectivity index (χ0v) is 6.34. The Balaban J connectivity index is 2.01. The van der Waals surface area contributed by atoms with E-state index in [1.165, 1.54) is 32.5 Å². The van der Waals surface area contributed by atoms with E-state index in [1.807, 2.05) is 0 Å². The normalized spacial score (nSPS) is 45.9. The third kappa shape index (κ3) is 0.956. The van der Waals surface area contributed by atoms with Crippen molar-refractivity contribution in [2.75, 3.05) is 19.6 Å². The minimum atomic E-state index is 0.683. The first-order valence-corrected chi connectivity index (χ1v) is 4.15. The summed E-state index contributed by atoms with van der Waals surface area (Å²) >= 11 is 0. The van der Waals surface area contributed by atoms with Crippen molar-refractivity contribution in [2.24, 2.45) is 5.92 Å². The predicted octanol–water partition coefficient (Wildman–Crippen LogP) is 0.462. The second-order valence-electron chi connectivity index (χ2n) is 3.45. The van der Waals surface area contributed by atoms with E-state index >= 15 is 0 Å². The minimum Gasteiger partial charge on any atom is -0.311 e. The highest BCUT2D eigenvalue weighted by molar-refractivity contribution is 4.90. The summed E-state index contributed by atoms with van der Waals surface area (Å²) < 4.78 is 0. The van der Waals surface area contributed by atoms with Gasteiger partial charge in [0.1, 0.15) is 0 Å². The number of hydrogen-bond acceptors (Lipinski definition) is 2. The summed E-state index contributed by atoms with van der Waals surface area (Å²) in [7, 11) is 3.75. The highest BCUT2D eigenvalue weighted by Gasteiger charge is 2.32. The molecule has 57 valence electrons. The molecule has 0 aromatic carbocycles. The van der Waals surface area contributed by atoms with E-state index in [0.29, 0.717) is 6.04 Å². The van der Waals surface area contributed by atoms with Gasteiger partial charge in [0.05, 0.1) is 0 Å². The monoisotopic (exact) mass is 139 g/mol. The van der Waals surface area contributed by atoms with Gasteiger partial charge in [0, 0.05) is 19.6 Å². The van der Waals surface area contributed by atoms with Gasteiger partial charge in [0.15, 0.2) is 0 Å². The van der Waals surface area contributed by atoms with Gasteiger partial charge in [-0.2, -0.15) is 0 Å². The average Bonchev–Trinajstić information content (AvgIpc) is 2.06. The highest BCUT2D eigenvalue weighted by atomic mass is 15.2. The van der Waals surface area contributed by atoms with Crippen LogP contribution in [0, 0.1) is 13.0 Å². The molecule has 3 aliphatic heterocycles. The molecule has 1 N–H and O–H groups in total. The fourth-order valence-corrected chi connectivity index (χ4v) is 2.20. The van der Waals surface area contributed by atoms with Crippen LogP contribution >= 0.6 is 0 Å². The van der Waals surface area contributed by atoms with Crippen LogP contribution in [-0.2, 0) is 0 Å². The lowest BCUT2D eigenvalue weighted by atomic mass is 9.84. The number of nitrogens with zero attached hydrogens (tertiary/aromatic N) is 1. The third-order valence-electron chi connectivity index (χ3n) is 2.92. The highest BCUT2D eigenvalue weighted by Crippen LogP contribution is 2.26. The van der Waals surface area contributed by atoms with Crippen molar-refractivity contribution in [1.29, 1.82) is 0 Å². The first kappa shape index (κ1) is 6.62. The van der Waals surface area contributed by atoms with E-state index in [0.717, 1.165) is 5.92 Å². The Kier molecular flexibility index (Phi) is 1.66. The molecule has 1 atom stereocenters. The van der Waals surface area contributed by atoms with Crippen molar-refractivity contribution >= 4 is 0 Å². The standard InChI is InChI=1S/C8H15N2/c1-9-8-6-10-4-2-7(8)3-5-10/h7-9H,1-6H2. The summed E-state index contributed by atoms with van der Waals surface area (Å²) in [6.45, 7) is 3.87. The Morgan fingerprint density at radius 1 is 1.30 bits per heavy atom. The number of fused-ring (bicyclic) bond motifs is 3. The Morgan fingerprint density at radius 3 is 2.30 bits per heavy atom. The van der Waals surface area contributed by atoms with Crippen molar-refractivity contribution < 1.29 is 0 Å². The van der Waals surface area contributed by atoms with E-state index in [4.69, 9.17) is 0 Å². The third-order valence-corrected chi connectivity index (χ3v) is 2.92. The lowest BCUT2D eigenvalue weighted by Crippen LogP contribution is -2.54. The van der Waals surface area contributed by atoms with Gasteiger partial charge in [-0.05, 0) is 31.8 Å². The van der Waals surface area contributed by atoms with Gasteiger partial charge in [-0.15, -0.1) is 0 Å². The first-order valence-electron chi connectivity index (χ1n) is 4.15. The molecule has 0 spiro atoms. The van der Waals surface area contributed by atoms with Crippen molar-refractivity contribution in [3.05, 3.63) is 7.05 Å². The van der Waals surface area contributed by atoms with E-state index < -0.39 is 0 Å². The quantitative estimate of drug-likeness (QED) is 0.568. The van der Waals surface area contributed by atoms with Gasteiger partial charge in [-0.3, -0.25) is 0 Å². The van der Waals surface area contributed by atoms with Crippen LogP contribution < -0.4 is 5.32 Å². The fraction of sp³-hybridized carbons (Fsp3) is 0.875. The molecule has 2 bridgehead atoms. The SMILES string of the molecule is [CH2]NC1CN2CCC1CC2. The molecule has 0 aliphatic carbocycles. The Labute approximate surface area is 62.6 Å². The van der Waals surface area contributed by atoms with Gasteiger partial charge in [-0.25, -0.2) is 0 Å². The molecule has 1 radical (unpaired) electrons. The maximum atomic E-state index is 3.75. The van der Waals surface area contributed by atoms with Crippen LogP contribution in [-0.4, -0.2) is 30.6 Å². The Morgan fingerprint density at radius 2 is 2.00 bits per heavy atom. The lowest BCUT2D eigenvalue weighted by Gasteiger charge is -2.44. The maximum Gasteiger partial charge on any atom is 0.0224 e. The van der Waals surface area contributed by atoms with Gasteiger partial charge >= 0.3 is 0 Å². The molecule has 0 aromatic rings. The van der Waals surface area contributed by atoms with Gasteiger partial charge < -0.3 is 10.2 Å². The second kappa shape index (κ2) is 2.51. The topological polar surface area (TPSA) is 15.3 Å². The molecule has 3 heterocycles. The van der Waals surface area contributed by atoms with Crippen LogP contribution in [0.25, 0.3) is 0 Å². The van der Waals surface area contributed by atoms with E-state index in [1.54, 1.807) is 0 Å². The van der Waals surface area contributed by atoms with Crippen LogP contribution in [0.15, 0.2) is 0 Å². The number of piperidine rings is 3. The van der Waals surface area contributed by atoms with Crippen LogP contribution in [0.3, 0.4) is 0 Å². The first-order chi connectivity index (χ1) is 4.90. The molecular formula is C8H15N2. The smallest absolute Gasteiger partial charge is 0.0224 e. The largest absolute Gasteiger partial charge is 0.311 e. The second-order valence-corrected chi connectivity index (χ2v) is 3.45. The molecule has 3 saturated heterocycles. The molecular weight excluding hydrogens is 124 g/mol. The van der Waals surface area contributed by atoms with Crippen LogP contribution in [0.2, 0.25) is 0 Å². The number of hydrogen-bond donors (Lipinski definition) is 1. The zero-order valence-electron chi connectivity index (χ0n) is 6.34. The molecule has 3 rings (SSSR count). The van der Waals surface area contributed by atoms with Gasteiger partial charge in [-0.1, -0.05) is 0 Å². The summed E-state index contributed by atoms with van der Waals surface area (Å²) in [6.07, 6.45) is 2.76. The Hall–Kier alpha value is -0.0800. The molecule has 3 fully saturated rings. The predicted molar refractivity (Wildman–Crippen MR) is 41.4 cm³/mol. The van der Waals surface area contributed by atoms with E-state index in [2.05, 4.69) is 17.3 Å². The van der Waals surface area contributed by atoms with Crippen LogP contribution in [0.4, 0.5) is 0 Å². The fourth-order valence-electron chi connectivity index (χ4n) is 2.20. The molecule has 0 amide bonds. The summed E-state index contributed by atoms with van der Waals surface area (Å²) in [4.78, 5) is 2.53. The summed E-state index contributed by atoms with van der Waals surface area (Å²) in [5.74, 6) is 0.919. The van der Waals surface area contributed by atoms with Crippen LogP contribution in [0.5, 0.6) is 0 Å². The summed E-state index contributed by atoms with van der Waals surface area (Å²) in [5, 5.41) is 3.14.